The average Bonchev–Trinajstić information content (AvgIpc) is 2.52. The highest BCUT2D eigenvalue weighted by atomic mass is 19.4. The van der Waals surface area contributed by atoms with E-state index in [1.54, 1.807) is 0 Å². The van der Waals surface area contributed by atoms with Crippen molar-refractivity contribution in [1.29, 1.82) is 0 Å². The Bertz CT molecular complexity index is 812. The quantitative estimate of drug-likeness (QED) is 0.682. The van der Waals surface area contributed by atoms with Gasteiger partial charge >= 0.3 is 12.4 Å². The molecule has 0 amide bonds. The third-order valence-corrected chi connectivity index (χ3v) is 3.78. The highest BCUT2D eigenvalue weighted by Crippen LogP contribution is 2.58. The van der Waals surface area contributed by atoms with Gasteiger partial charge in [-0.15, -0.1) is 0 Å². The number of halogens is 10. The molecule has 0 spiro atoms. The topological polar surface area (TPSA) is 40.5 Å². The standard InChI is InChI=1S/C15H6F10O2/c16-9-5(1-3-7(26)11(9)18)13(14(20,21)22,15(23,24)25)6-2-4-8(27)12(19)10(6)17/h1-4,26-27H. The number of phenolic OH excluding ortho intramolecular Hbond substituents is 2. The Morgan fingerprint density at radius 2 is 0.815 bits per heavy atom. The van der Waals surface area contributed by atoms with Gasteiger partial charge in [0.2, 0.25) is 17.0 Å². The van der Waals surface area contributed by atoms with E-state index >= 15 is 0 Å². The third-order valence-electron chi connectivity index (χ3n) is 3.78. The van der Waals surface area contributed by atoms with Crippen LogP contribution in [0.5, 0.6) is 11.5 Å². The molecule has 2 rings (SSSR count). The number of alkyl halides is 6. The van der Waals surface area contributed by atoms with Crippen LogP contribution >= 0.6 is 0 Å². The predicted molar refractivity (Wildman–Crippen MR) is 68.9 cm³/mol. The van der Waals surface area contributed by atoms with E-state index in [-0.39, 0.29) is 24.3 Å². The Morgan fingerprint density at radius 3 is 1.07 bits per heavy atom. The van der Waals surface area contributed by atoms with Gasteiger partial charge in [-0.25, -0.2) is 8.78 Å². The molecule has 0 unspecified atom stereocenters. The lowest BCUT2D eigenvalue weighted by molar-refractivity contribution is -0.290. The van der Waals surface area contributed by atoms with E-state index in [2.05, 4.69) is 0 Å². The molecule has 0 atom stereocenters. The first-order chi connectivity index (χ1) is 12.2. The molecular formula is C15H6F10O2. The minimum Gasteiger partial charge on any atom is -0.505 e. The SMILES string of the molecule is Oc1ccc(C(c2ccc(O)c(F)c2F)(C(F)(F)F)C(F)(F)F)c(F)c1F. The second-order valence-electron chi connectivity index (χ2n) is 5.27. The van der Waals surface area contributed by atoms with Crippen molar-refractivity contribution >= 4 is 0 Å². The van der Waals surface area contributed by atoms with Crippen molar-refractivity contribution < 1.29 is 54.1 Å². The summed E-state index contributed by atoms with van der Waals surface area (Å²) < 4.78 is 137. The van der Waals surface area contributed by atoms with Crippen LogP contribution < -0.4 is 0 Å². The highest BCUT2D eigenvalue weighted by molar-refractivity contribution is 5.49. The summed E-state index contributed by atoms with van der Waals surface area (Å²) in [6.07, 6.45) is -13.1. The zero-order chi connectivity index (χ0) is 20.9. The Kier molecular flexibility index (Phi) is 4.74. The zero-order valence-electron chi connectivity index (χ0n) is 12.5. The van der Waals surface area contributed by atoms with Crippen LogP contribution in [0.3, 0.4) is 0 Å². The van der Waals surface area contributed by atoms with Gasteiger partial charge in [-0.2, -0.15) is 35.1 Å². The number of hydrogen-bond acceptors (Lipinski definition) is 2. The van der Waals surface area contributed by atoms with E-state index in [4.69, 9.17) is 10.2 Å². The molecule has 0 saturated heterocycles. The van der Waals surface area contributed by atoms with Crippen molar-refractivity contribution in [2.75, 3.05) is 0 Å². The van der Waals surface area contributed by atoms with E-state index in [9.17, 15) is 43.9 Å². The van der Waals surface area contributed by atoms with E-state index < -0.39 is 63.7 Å². The molecule has 12 heteroatoms. The first kappa shape index (κ1) is 20.6. The van der Waals surface area contributed by atoms with Crippen LogP contribution in [0.2, 0.25) is 0 Å². The monoisotopic (exact) mass is 408 g/mol. The lowest BCUT2D eigenvalue weighted by Crippen LogP contribution is -2.56. The molecule has 0 aliphatic heterocycles. The predicted octanol–water partition coefficient (Wildman–Crippen LogP) is 5.06. The Labute approximate surface area is 143 Å². The molecule has 0 aromatic heterocycles. The van der Waals surface area contributed by atoms with Crippen LogP contribution in [-0.4, -0.2) is 22.6 Å². The third kappa shape index (κ3) is 2.82. The molecule has 2 N–H and O–H groups in total. The van der Waals surface area contributed by atoms with Crippen LogP contribution in [0.15, 0.2) is 24.3 Å². The summed E-state index contributed by atoms with van der Waals surface area (Å²) in [6, 6.07) is -0.513. The molecule has 0 fully saturated rings. The van der Waals surface area contributed by atoms with Crippen molar-refractivity contribution in [2.45, 2.75) is 17.8 Å². The van der Waals surface area contributed by atoms with Crippen molar-refractivity contribution in [3.05, 3.63) is 58.7 Å². The van der Waals surface area contributed by atoms with E-state index in [1.165, 1.54) is 0 Å². The molecule has 0 heterocycles. The fraction of sp³-hybridized carbons (Fsp3) is 0.200. The largest absolute Gasteiger partial charge is 0.505 e. The maximum absolute atomic E-state index is 14.0. The molecule has 2 nitrogen and oxygen atoms in total. The lowest BCUT2D eigenvalue weighted by atomic mass is 9.72. The summed E-state index contributed by atoms with van der Waals surface area (Å²) in [7, 11) is 0. The van der Waals surface area contributed by atoms with Gasteiger partial charge in [-0.05, 0) is 12.1 Å². The van der Waals surface area contributed by atoms with Crippen molar-refractivity contribution in [3.63, 3.8) is 0 Å². The minimum absolute atomic E-state index is 0.00531. The second kappa shape index (κ2) is 6.20. The van der Waals surface area contributed by atoms with Gasteiger partial charge in [0.05, 0.1) is 0 Å². The molecule has 0 radical (unpaired) electrons. The molecule has 148 valence electrons. The number of benzene rings is 2. The van der Waals surface area contributed by atoms with Gasteiger partial charge in [0, 0.05) is 11.1 Å². The Hall–Kier alpha value is -2.66. The fourth-order valence-electron chi connectivity index (χ4n) is 2.57. The zero-order valence-corrected chi connectivity index (χ0v) is 12.5. The molecule has 0 aliphatic rings. The second-order valence-corrected chi connectivity index (χ2v) is 5.27. The van der Waals surface area contributed by atoms with Gasteiger partial charge in [-0.1, -0.05) is 12.1 Å². The molecule has 27 heavy (non-hydrogen) atoms. The lowest BCUT2D eigenvalue weighted by Gasteiger charge is -2.38. The van der Waals surface area contributed by atoms with E-state index in [0.29, 0.717) is 0 Å². The molecule has 2 aromatic carbocycles. The summed E-state index contributed by atoms with van der Waals surface area (Å²) in [5.41, 5.74) is -10.5. The number of phenols is 2. The number of rotatable bonds is 2. The molecule has 0 bridgehead atoms. The minimum atomic E-state index is -6.54. The van der Waals surface area contributed by atoms with Crippen molar-refractivity contribution in [3.8, 4) is 11.5 Å². The van der Waals surface area contributed by atoms with Crippen LogP contribution in [0.4, 0.5) is 43.9 Å². The van der Waals surface area contributed by atoms with Crippen molar-refractivity contribution in [1.82, 2.24) is 0 Å². The van der Waals surface area contributed by atoms with Gasteiger partial charge in [0.15, 0.2) is 23.1 Å². The highest BCUT2D eigenvalue weighted by Gasteiger charge is 2.74. The molecule has 2 aromatic rings. The summed E-state index contributed by atoms with van der Waals surface area (Å²) in [6.45, 7) is 0. The van der Waals surface area contributed by atoms with Crippen molar-refractivity contribution in [2.24, 2.45) is 0 Å². The summed E-state index contributed by atoms with van der Waals surface area (Å²) in [5, 5.41) is 17.9. The maximum atomic E-state index is 14.0. The van der Waals surface area contributed by atoms with Gasteiger partial charge in [0.1, 0.15) is 0 Å². The normalized spacial score (nSPS) is 13.1. The van der Waals surface area contributed by atoms with E-state index in [1.807, 2.05) is 0 Å². The smallest absolute Gasteiger partial charge is 0.411 e. The number of aromatic hydroxyl groups is 2. The first-order valence-electron chi connectivity index (χ1n) is 6.66. The fourth-order valence-corrected chi connectivity index (χ4v) is 2.57. The van der Waals surface area contributed by atoms with Gasteiger partial charge < -0.3 is 10.2 Å². The van der Waals surface area contributed by atoms with Crippen LogP contribution in [0.1, 0.15) is 11.1 Å². The Morgan fingerprint density at radius 1 is 0.519 bits per heavy atom. The summed E-state index contributed by atoms with van der Waals surface area (Å²) >= 11 is 0. The first-order valence-corrected chi connectivity index (χ1v) is 6.66. The van der Waals surface area contributed by atoms with Gasteiger partial charge in [-0.3, -0.25) is 0 Å². The summed E-state index contributed by atoms with van der Waals surface area (Å²) in [5.74, 6) is -13.6. The van der Waals surface area contributed by atoms with Crippen LogP contribution in [0, 0.1) is 23.3 Å². The van der Waals surface area contributed by atoms with E-state index in [0.717, 1.165) is 0 Å². The molecule has 0 saturated carbocycles. The maximum Gasteiger partial charge on any atom is 0.411 e. The summed E-state index contributed by atoms with van der Waals surface area (Å²) in [4.78, 5) is 0. The van der Waals surface area contributed by atoms with Crippen LogP contribution in [0.25, 0.3) is 0 Å². The molecular weight excluding hydrogens is 402 g/mol. The molecule has 0 aliphatic carbocycles. The number of hydrogen-bond donors (Lipinski definition) is 2. The Balaban J connectivity index is 3.13. The average molecular weight is 408 g/mol. The van der Waals surface area contributed by atoms with Crippen LogP contribution in [-0.2, 0) is 5.41 Å². The van der Waals surface area contributed by atoms with Gasteiger partial charge in [0.25, 0.3) is 0 Å².